The summed E-state index contributed by atoms with van der Waals surface area (Å²) in [7, 11) is 0. The number of benzene rings is 2. The second-order valence-electron chi connectivity index (χ2n) is 4.43. The Balaban J connectivity index is 2.21. The second kappa shape index (κ2) is 4.94. The molecule has 1 heterocycles. The van der Waals surface area contributed by atoms with E-state index in [0.717, 1.165) is 16.8 Å². The van der Waals surface area contributed by atoms with Crippen LogP contribution in [-0.4, -0.2) is 20.2 Å². The summed E-state index contributed by atoms with van der Waals surface area (Å²) in [6.07, 6.45) is 0. The minimum Gasteiger partial charge on any atom is -0.398 e. The van der Waals surface area contributed by atoms with Gasteiger partial charge in [0.15, 0.2) is 5.82 Å². The van der Waals surface area contributed by atoms with E-state index in [1.807, 2.05) is 37.3 Å². The number of rotatable bonds is 2. The Hall–Kier alpha value is -2.40. The summed E-state index contributed by atoms with van der Waals surface area (Å²) >= 11 is 6.02. The minimum atomic E-state index is 0.600. The lowest BCUT2D eigenvalue weighted by Crippen LogP contribution is -2.03. The number of halogens is 1. The summed E-state index contributed by atoms with van der Waals surface area (Å²) in [5.74, 6) is 0.600. The molecule has 0 aliphatic carbocycles. The lowest BCUT2D eigenvalue weighted by Gasteiger charge is -2.09. The number of aryl methyl sites for hydroxylation is 1. The fraction of sp³-hybridized carbons (Fsp3) is 0.0714. The van der Waals surface area contributed by atoms with E-state index in [1.165, 1.54) is 0 Å². The van der Waals surface area contributed by atoms with Crippen LogP contribution in [0.3, 0.4) is 0 Å². The summed E-state index contributed by atoms with van der Waals surface area (Å²) in [6.45, 7) is 1.97. The Morgan fingerprint density at radius 2 is 1.95 bits per heavy atom. The topological polar surface area (TPSA) is 69.6 Å². The van der Waals surface area contributed by atoms with Gasteiger partial charge < -0.3 is 5.73 Å². The van der Waals surface area contributed by atoms with Gasteiger partial charge in [-0.2, -0.15) is 4.68 Å². The van der Waals surface area contributed by atoms with Crippen molar-refractivity contribution < 1.29 is 0 Å². The third-order valence-corrected chi connectivity index (χ3v) is 3.29. The van der Waals surface area contributed by atoms with Crippen molar-refractivity contribution in [2.45, 2.75) is 6.92 Å². The largest absolute Gasteiger partial charge is 0.398 e. The van der Waals surface area contributed by atoms with Gasteiger partial charge in [0.1, 0.15) is 0 Å². The van der Waals surface area contributed by atoms with E-state index in [9.17, 15) is 0 Å². The van der Waals surface area contributed by atoms with E-state index in [0.29, 0.717) is 16.5 Å². The molecule has 0 aliphatic rings. The lowest BCUT2D eigenvalue weighted by atomic mass is 10.1. The fourth-order valence-electron chi connectivity index (χ4n) is 2.12. The number of anilines is 1. The van der Waals surface area contributed by atoms with Crippen LogP contribution in [0, 0.1) is 6.92 Å². The van der Waals surface area contributed by atoms with Gasteiger partial charge in [0, 0.05) is 16.3 Å². The van der Waals surface area contributed by atoms with Crippen molar-refractivity contribution in [2.24, 2.45) is 0 Å². The standard InChI is InChI=1S/C14H12ClN5/c1-9-4-2-7-12(16)13(9)14-17-18-19-20(14)11-6-3-5-10(15)8-11/h2-8H,16H2,1H3. The predicted molar refractivity (Wildman–Crippen MR) is 78.7 cm³/mol. The fourth-order valence-corrected chi connectivity index (χ4v) is 2.31. The molecule has 0 spiro atoms. The van der Waals surface area contributed by atoms with Crippen molar-refractivity contribution in [2.75, 3.05) is 5.73 Å². The summed E-state index contributed by atoms with van der Waals surface area (Å²) < 4.78 is 1.63. The number of tetrazole rings is 1. The molecule has 6 heteroatoms. The van der Waals surface area contributed by atoms with Crippen LogP contribution in [0.1, 0.15) is 5.56 Å². The van der Waals surface area contributed by atoms with Crippen LogP contribution in [0.5, 0.6) is 0 Å². The van der Waals surface area contributed by atoms with Crippen LogP contribution in [-0.2, 0) is 0 Å². The van der Waals surface area contributed by atoms with E-state index < -0.39 is 0 Å². The second-order valence-corrected chi connectivity index (χ2v) is 4.87. The van der Waals surface area contributed by atoms with Gasteiger partial charge in [-0.15, -0.1) is 5.10 Å². The highest BCUT2D eigenvalue weighted by Crippen LogP contribution is 2.29. The van der Waals surface area contributed by atoms with Crippen LogP contribution in [0.25, 0.3) is 17.1 Å². The molecule has 20 heavy (non-hydrogen) atoms. The van der Waals surface area contributed by atoms with Crippen LogP contribution < -0.4 is 5.73 Å². The van der Waals surface area contributed by atoms with Crippen molar-refractivity contribution in [3.05, 3.63) is 53.1 Å². The number of hydrogen-bond acceptors (Lipinski definition) is 4. The highest BCUT2D eigenvalue weighted by molar-refractivity contribution is 6.30. The van der Waals surface area contributed by atoms with Gasteiger partial charge in [0.25, 0.3) is 0 Å². The van der Waals surface area contributed by atoms with E-state index in [1.54, 1.807) is 16.8 Å². The summed E-state index contributed by atoms with van der Waals surface area (Å²) in [5.41, 5.74) is 9.34. The number of nitrogens with zero attached hydrogens (tertiary/aromatic N) is 4. The molecule has 0 aliphatic heterocycles. The van der Waals surface area contributed by atoms with Crippen molar-refractivity contribution in [3.63, 3.8) is 0 Å². The smallest absolute Gasteiger partial charge is 0.189 e. The van der Waals surface area contributed by atoms with Crippen molar-refractivity contribution in [3.8, 4) is 17.1 Å². The van der Waals surface area contributed by atoms with Gasteiger partial charge in [-0.25, -0.2) is 0 Å². The van der Waals surface area contributed by atoms with Gasteiger partial charge in [0.2, 0.25) is 0 Å². The molecule has 0 unspecified atom stereocenters. The Labute approximate surface area is 121 Å². The zero-order valence-corrected chi connectivity index (χ0v) is 11.5. The first-order valence-electron chi connectivity index (χ1n) is 6.06. The third-order valence-electron chi connectivity index (χ3n) is 3.05. The molecule has 0 bridgehead atoms. The Morgan fingerprint density at radius 1 is 1.15 bits per heavy atom. The molecule has 3 rings (SSSR count). The molecular weight excluding hydrogens is 274 g/mol. The molecule has 0 saturated heterocycles. The summed E-state index contributed by atoms with van der Waals surface area (Å²) in [6, 6.07) is 13.1. The highest BCUT2D eigenvalue weighted by Gasteiger charge is 2.15. The number of hydrogen-bond donors (Lipinski definition) is 1. The first-order chi connectivity index (χ1) is 9.66. The molecular formula is C14H12ClN5. The van der Waals surface area contributed by atoms with E-state index in [-0.39, 0.29) is 0 Å². The van der Waals surface area contributed by atoms with Crippen LogP contribution in [0.15, 0.2) is 42.5 Å². The zero-order chi connectivity index (χ0) is 14.1. The van der Waals surface area contributed by atoms with E-state index in [2.05, 4.69) is 15.5 Å². The molecule has 2 aromatic carbocycles. The van der Waals surface area contributed by atoms with Gasteiger partial charge in [0.05, 0.1) is 5.69 Å². The van der Waals surface area contributed by atoms with Crippen LogP contribution in [0.2, 0.25) is 5.02 Å². The molecule has 0 fully saturated rings. The first kappa shape index (κ1) is 12.6. The van der Waals surface area contributed by atoms with Crippen molar-refractivity contribution in [1.82, 2.24) is 20.2 Å². The van der Waals surface area contributed by atoms with Crippen LogP contribution >= 0.6 is 11.6 Å². The van der Waals surface area contributed by atoms with E-state index >= 15 is 0 Å². The molecule has 0 atom stereocenters. The lowest BCUT2D eigenvalue weighted by molar-refractivity contribution is 0.791. The zero-order valence-electron chi connectivity index (χ0n) is 10.8. The highest BCUT2D eigenvalue weighted by atomic mass is 35.5. The predicted octanol–water partition coefficient (Wildman–Crippen LogP) is 2.87. The number of aromatic nitrogens is 4. The molecule has 1 aromatic heterocycles. The Kier molecular flexibility index (Phi) is 3.12. The summed E-state index contributed by atoms with van der Waals surface area (Å²) in [5, 5.41) is 12.5. The average Bonchev–Trinajstić information content (AvgIpc) is 2.87. The SMILES string of the molecule is Cc1cccc(N)c1-c1nnnn1-c1cccc(Cl)c1. The molecule has 0 saturated carbocycles. The van der Waals surface area contributed by atoms with Crippen LogP contribution in [0.4, 0.5) is 5.69 Å². The van der Waals surface area contributed by atoms with Gasteiger partial charge in [-0.3, -0.25) is 0 Å². The van der Waals surface area contributed by atoms with Gasteiger partial charge in [-0.05, 0) is 47.2 Å². The number of nitrogen functional groups attached to an aromatic ring is 1. The van der Waals surface area contributed by atoms with Gasteiger partial charge >= 0.3 is 0 Å². The third kappa shape index (κ3) is 2.12. The quantitative estimate of drug-likeness (QED) is 0.735. The molecule has 100 valence electrons. The molecule has 0 amide bonds. The Bertz CT molecular complexity index is 746. The number of nitrogens with two attached hydrogens (primary N) is 1. The maximum Gasteiger partial charge on any atom is 0.189 e. The maximum absolute atomic E-state index is 6.05. The normalized spacial score (nSPS) is 10.7. The first-order valence-corrected chi connectivity index (χ1v) is 6.44. The van der Waals surface area contributed by atoms with Crippen molar-refractivity contribution in [1.29, 1.82) is 0 Å². The van der Waals surface area contributed by atoms with E-state index in [4.69, 9.17) is 17.3 Å². The molecule has 5 nitrogen and oxygen atoms in total. The molecule has 0 radical (unpaired) electrons. The monoisotopic (exact) mass is 285 g/mol. The van der Waals surface area contributed by atoms with Crippen molar-refractivity contribution >= 4 is 17.3 Å². The van der Waals surface area contributed by atoms with Gasteiger partial charge in [-0.1, -0.05) is 29.8 Å². The minimum absolute atomic E-state index is 0.600. The molecule has 3 aromatic rings. The molecule has 2 N–H and O–H groups in total. The maximum atomic E-state index is 6.05. The summed E-state index contributed by atoms with van der Waals surface area (Å²) in [4.78, 5) is 0. The average molecular weight is 286 g/mol. The Morgan fingerprint density at radius 3 is 2.70 bits per heavy atom.